The summed E-state index contributed by atoms with van der Waals surface area (Å²) in [6, 6.07) is 13.5. The maximum atomic E-state index is 12.6. The zero-order valence-corrected chi connectivity index (χ0v) is 13.2. The van der Waals surface area contributed by atoms with Gasteiger partial charge in [-0.3, -0.25) is 14.7 Å². The third-order valence-corrected chi connectivity index (χ3v) is 4.17. The maximum Gasteiger partial charge on any atom is 0.267 e. The van der Waals surface area contributed by atoms with E-state index in [0.717, 1.165) is 11.3 Å². The molecule has 0 N–H and O–H groups in total. The number of thioether (sulfide) groups is 1. The van der Waals surface area contributed by atoms with Crippen LogP contribution in [-0.4, -0.2) is 27.5 Å². The summed E-state index contributed by atoms with van der Waals surface area (Å²) in [5.41, 5.74) is 1.71. The van der Waals surface area contributed by atoms with Crippen LogP contribution in [0.2, 0.25) is 0 Å². The molecule has 0 saturated carbocycles. The first-order valence-corrected chi connectivity index (χ1v) is 7.95. The van der Waals surface area contributed by atoms with Gasteiger partial charge in [0, 0.05) is 12.7 Å². The van der Waals surface area contributed by atoms with Gasteiger partial charge in [0.1, 0.15) is 0 Å². The van der Waals surface area contributed by atoms with E-state index in [2.05, 4.69) is 16.6 Å². The Labute approximate surface area is 139 Å². The Morgan fingerprint density at radius 1 is 1.22 bits per heavy atom. The Hall–Kier alpha value is -2.66. The number of benzene rings is 1. The van der Waals surface area contributed by atoms with Crippen LogP contribution >= 0.6 is 11.8 Å². The highest BCUT2D eigenvalue weighted by Crippen LogP contribution is 2.33. The average molecular weight is 321 g/mol. The summed E-state index contributed by atoms with van der Waals surface area (Å²) in [4.78, 5) is 23.5. The van der Waals surface area contributed by atoms with Gasteiger partial charge in [-0.25, -0.2) is 4.99 Å². The minimum Gasteiger partial charge on any atom is -0.283 e. The molecule has 114 valence electrons. The number of carbonyl (C=O) groups excluding carboxylic acids is 1. The van der Waals surface area contributed by atoms with Gasteiger partial charge in [-0.15, -0.1) is 6.58 Å². The SMILES string of the molecule is C=CCN1C(=O)/C(=C/c2ccccc2)SC1=Nc1cccnc1. The van der Waals surface area contributed by atoms with E-state index in [1.54, 1.807) is 23.4 Å². The monoisotopic (exact) mass is 321 g/mol. The molecule has 4 nitrogen and oxygen atoms in total. The van der Waals surface area contributed by atoms with Crippen molar-refractivity contribution in [3.63, 3.8) is 0 Å². The van der Waals surface area contributed by atoms with Gasteiger partial charge in [-0.05, 0) is 35.5 Å². The lowest BCUT2D eigenvalue weighted by atomic mass is 10.2. The molecule has 1 fully saturated rings. The van der Waals surface area contributed by atoms with Gasteiger partial charge in [0.05, 0.1) is 16.8 Å². The number of carbonyl (C=O) groups is 1. The fraction of sp³-hybridized carbons (Fsp3) is 0.0556. The zero-order chi connectivity index (χ0) is 16.1. The molecule has 2 aromatic rings. The summed E-state index contributed by atoms with van der Waals surface area (Å²) in [6.45, 7) is 4.15. The smallest absolute Gasteiger partial charge is 0.267 e. The Morgan fingerprint density at radius 2 is 2.04 bits per heavy atom. The second-order valence-electron chi connectivity index (χ2n) is 4.83. The van der Waals surface area contributed by atoms with E-state index in [1.165, 1.54) is 11.8 Å². The Kier molecular flexibility index (Phi) is 4.68. The summed E-state index contributed by atoms with van der Waals surface area (Å²) < 4.78 is 0. The Balaban J connectivity index is 1.94. The number of aliphatic imine (C=N–C) groups is 1. The van der Waals surface area contributed by atoms with E-state index >= 15 is 0 Å². The standard InChI is InChI=1S/C18H15N3OS/c1-2-11-21-17(22)16(12-14-7-4-3-5-8-14)23-18(21)20-15-9-6-10-19-13-15/h2-10,12-13H,1,11H2/b16-12-,20-18?. The van der Waals surface area contributed by atoms with Crippen molar-refractivity contribution in [3.8, 4) is 0 Å². The van der Waals surface area contributed by atoms with Crippen LogP contribution < -0.4 is 0 Å². The van der Waals surface area contributed by atoms with Crippen LogP contribution in [0, 0.1) is 0 Å². The van der Waals surface area contributed by atoms with E-state index in [-0.39, 0.29) is 5.91 Å². The summed E-state index contributed by atoms with van der Waals surface area (Å²) >= 11 is 1.37. The van der Waals surface area contributed by atoms with Gasteiger partial charge in [0.2, 0.25) is 0 Å². The predicted octanol–water partition coefficient (Wildman–Crippen LogP) is 3.87. The average Bonchev–Trinajstić information content (AvgIpc) is 2.86. The second-order valence-corrected chi connectivity index (χ2v) is 5.84. The lowest BCUT2D eigenvalue weighted by molar-refractivity contribution is -0.121. The molecule has 1 aliphatic rings. The fourth-order valence-corrected chi connectivity index (χ4v) is 3.12. The van der Waals surface area contributed by atoms with Gasteiger partial charge in [0.15, 0.2) is 5.17 Å². The number of nitrogens with zero attached hydrogens (tertiary/aromatic N) is 3. The number of amidine groups is 1. The third kappa shape index (κ3) is 3.57. The van der Waals surface area contributed by atoms with E-state index in [1.807, 2.05) is 48.5 Å². The molecule has 3 rings (SSSR count). The lowest BCUT2D eigenvalue weighted by Crippen LogP contribution is -2.29. The fourth-order valence-electron chi connectivity index (χ4n) is 2.11. The van der Waals surface area contributed by atoms with Crippen molar-refractivity contribution in [3.05, 3.63) is 78.0 Å². The highest BCUT2D eigenvalue weighted by atomic mass is 32.2. The molecule has 0 radical (unpaired) electrons. The molecule has 1 amide bonds. The van der Waals surface area contributed by atoms with E-state index in [4.69, 9.17) is 0 Å². The maximum absolute atomic E-state index is 12.6. The number of rotatable bonds is 4. The molecule has 0 spiro atoms. The molecule has 1 aromatic carbocycles. The van der Waals surface area contributed by atoms with Crippen molar-refractivity contribution in [1.82, 2.24) is 9.88 Å². The lowest BCUT2D eigenvalue weighted by Gasteiger charge is -2.12. The highest BCUT2D eigenvalue weighted by Gasteiger charge is 2.32. The molecular weight excluding hydrogens is 306 g/mol. The van der Waals surface area contributed by atoms with Crippen molar-refractivity contribution >= 4 is 34.6 Å². The van der Waals surface area contributed by atoms with Crippen molar-refractivity contribution in [1.29, 1.82) is 0 Å². The van der Waals surface area contributed by atoms with E-state index in [9.17, 15) is 4.79 Å². The van der Waals surface area contributed by atoms with Crippen molar-refractivity contribution in [2.24, 2.45) is 4.99 Å². The minimum absolute atomic E-state index is 0.0543. The number of pyridine rings is 1. The van der Waals surface area contributed by atoms with Crippen LogP contribution in [0.5, 0.6) is 0 Å². The number of hydrogen-bond donors (Lipinski definition) is 0. The summed E-state index contributed by atoms with van der Waals surface area (Å²) in [6.07, 6.45) is 6.94. The van der Waals surface area contributed by atoms with Crippen LogP contribution in [0.25, 0.3) is 6.08 Å². The molecule has 1 saturated heterocycles. The van der Waals surface area contributed by atoms with Crippen LogP contribution in [0.15, 0.2) is 77.4 Å². The quantitative estimate of drug-likeness (QED) is 0.634. The molecule has 1 aliphatic heterocycles. The molecule has 2 heterocycles. The number of aromatic nitrogens is 1. The largest absolute Gasteiger partial charge is 0.283 e. The summed E-state index contributed by atoms with van der Waals surface area (Å²) in [5, 5.41) is 0.644. The topological polar surface area (TPSA) is 45.6 Å². The second kappa shape index (κ2) is 7.07. The molecule has 0 atom stereocenters. The first-order valence-electron chi connectivity index (χ1n) is 7.14. The van der Waals surface area contributed by atoms with Crippen LogP contribution in [0.3, 0.4) is 0 Å². The summed E-state index contributed by atoms with van der Waals surface area (Å²) in [5.74, 6) is -0.0543. The van der Waals surface area contributed by atoms with Crippen molar-refractivity contribution in [2.45, 2.75) is 0 Å². The molecule has 23 heavy (non-hydrogen) atoms. The van der Waals surface area contributed by atoms with Crippen LogP contribution in [-0.2, 0) is 4.79 Å². The summed E-state index contributed by atoms with van der Waals surface area (Å²) in [7, 11) is 0. The Morgan fingerprint density at radius 3 is 2.74 bits per heavy atom. The highest BCUT2D eigenvalue weighted by molar-refractivity contribution is 8.18. The Bertz CT molecular complexity index is 769. The zero-order valence-electron chi connectivity index (χ0n) is 12.4. The van der Waals surface area contributed by atoms with Crippen LogP contribution in [0.1, 0.15) is 5.56 Å². The van der Waals surface area contributed by atoms with Gasteiger partial charge in [-0.2, -0.15) is 0 Å². The molecular formula is C18H15N3OS. The first kappa shape index (κ1) is 15.2. The van der Waals surface area contributed by atoms with E-state index in [0.29, 0.717) is 16.6 Å². The van der Waals surface area contributed by atoms with Crippen LogP contribution in [0.4, 0.5) is 5.69 Å². The van der Waals surface area contributed by atoms with Gasteiger partial charge in [-0.1, -0.05) is 36.4 Å². The van der Waals surface area contributed by atoms with Gasteiger partial charge in [0.25, 0.3) is 5.91 Å². The minimum atomic E-state index is -0.0543. The van der Waals surface area contributed by atoms with E-state index < -0.39 is 0 Å². The number of amides is 1. The van der Waals surface area contributed by atoms with Gasteiger partial charge < -0.3 is 0 Å². The molecule has 1 aromatic heterocycles. The first-order chi connectivity index (χ1) is 11.3. The predicted molar refractivity (Wildman–Crippen MR) is 95.3 cm³/mol. The van der Waals surface area contributed by atoms with Crippen molar-refractivity contribution < 1.29 is 4.79 Å². The third-order valence-electron chi connectivity index (χ3n) is 3.17. The van der Waals surface area contributed by atoms with Crippen molar-refractivity contribution in [2.75, 3.05) is 6.54 Å². The normalized spacial score (nSPS) is 17.9. The molecule has 5 heteroatoms. The van der Waals surface area contributed by atoms with Gasteiger partial charge >= 0.3 is 0 Å². The number of hydrogen-bond acceptors (Lipinski definition) is 4. The molecule has 0 bridgehead atoms. The molecule has 0 aliphatic carbocycles. The molecule has 0 unspecified atom stereocenters.